The summed E-state index contributed by atoms with van der Waals surface area (Å²) in [5.41, 5.74) is 0. The Balaban J connectivity index is 0. The molecule has 0 heterocycles. The van der Waals surface area contributed by atoms with Crippen LogP contribution in [0.2, 0.25) is 0 Å². The summed E-state index contributed by atoms with van der Waals surface area (Å²) < 4.78 is 0. The SMILES string of the molecule is CC(C)N(C(C)C)C(C)C.CCO. The van der Waals surface area contributed by atoms with Crippen LogP contribution in [0.15, 0.2) is 0 Å². The van der Waals surface area contributed by atoms with E-state index in [4.69, 9.17) is 5.11 Å². The number of hydrogen-bond donors (Lipinski definition) is 1. The van der Waals surface area contributed by atoms with E-state index in [0.29, 0.717) is 18.1 Å². The van der Waals surface area contributed by atoms with Crippen molar-refractivity contribution in [2.24, 2.45) is 0 Å². The number of rotatable bonds is 3. The second-order valence-corrected chi connectivity index (χ2v) is 4.04. The van der Waals surface area contributed by atoms with Gasteiger partial charge in [0, 0.05) is 24.7 Å². The van der Waals surface area contributed by atoms with Gasteiger partial charge in [0.05, 0.1) is 0 Å². The molecule has 0 fully saturated rings. The minimum Gasteiger partial charge on any atom is -0.397 e. The zero-order chi connectivity index (χ0) is 11.0. The van der Waals surface area contributed by atoms with Crippen LogP contribution in [0.25, 0.3) is 0 Å². The van der Waals surface area contributed by atoms with E-state index in [1.165, 1.54) is 0 Å². The van der Waals surface area contributed by atoms with Crippen LogP contribution in [0.5, 0.6) is 0 Å². The summed E-state index contributed by atoms with van der Waals surface area (Å²) in [7, 11) is 0. The topological polar surface area (TPSA) is 23.5 Å². The third-order valence-electron chi connectivity index (χ3n) is 1.79. The summed E-state index contributed by atoms with van der Waals surface area (Å²) in [5.74, 6) is 0. The van der Waals surface area contributed by atoms with Crippen molar-refractivity contribution in [1.82, 2.24) is 4.90 Å². The van der Waals surface area contributed by atoms with Crippen LogP contribution in [-0.4, -0.2) is 34.7 Å². The molecule has 0 aromatic carbocycles. The lowest BCUT2D eigenvalue weighted by Gasteiger charge is -2.34. The van der Waals surface area contributed by atoms with Gasteiger partial charge < -0.3 is 5.11 Å². The molecule has 0 aliphatic carbocycles. The van der Waals surface area contributed by atoms with Crippen molar-refractivity contribution in [2.45, 2.75) is 66.6 Å². The molecule has 0 aliphatic rings. The Kier molecular flexibility index (Phi) is 10.1. The first-order valence-corrected chi connectivity index (χ1v) is 5.26. The molecule has 0 aromatic rings. The Morgan fingerprint density at radius 3 is 1.00 bits per heavy atom. The van der Waals surface area contributed by atoms with Crippen molar-refractivity contribution >= 4 is 0 Å². The maximum absolute atomic E-state index is 7.57. The molecule has 0 amide bonds. The highest BCUT2D eigenvalue weighted by Crippen LogP contribution is 2.08. The van der Waals surface area contributed by atoms with Gasteiger partial charge in [-0.05, 0) is 48.5 Å². The molecule has 0 saturated heterocycles. The number of aliphatic hydroxyl groups is 1. The molecule has 13 heavy (non-hydrogen) atoms. The predicted octanol–water partition coefficient (Wildman–Crippen LogP) is 2.51. The second kappa shape index (κ2) is 8.52. The lowest BCUT2D eigenvalue weighted by atomic mass is 10.2. The number of nitrogens with zero attached hydrogens (tertiary/aromatic N) is 1. The Bertz CT molecular complexity index is 81.2. The van der Waals surface area contributed by atoms with E-state index in [1.54, 1.807) is 6.92 Å². The molecule has 0 aliphatic heterocycles. The summed E-state index contributed by atoms with van der Waals surface area (Å²) in [5, 5.41) is 7.57. The quantitative estimate of drug-likeness (QED) is 0.737. The van der Waals surface area contributed by atoms with Gasteiger partial charge in [-0.25, -0.2) is 0 Å². The third kappa shape index (κ3) is 8.26. The average Bonchev–Trinajstić information content (AvgIpc) is 1.84. The van der Waals surface area contributed by atoms with Crippen molar-refractivity contribution in [3.05, 3.63) is 0 Å². The monoisotopic (exact) mass is 189 g/mol. The van der Waals surface area contributed by atoms with Gasteiger partial charge in [0.2, 0.25) is 0 Å². The van der Waals surface area contributed by atoms with E-state index in [2.05, 4.69) is 46.4 Å². The van der Waals surface area contributed by atoms with Gasteiger partial charge in [-0.3, -0.25) is 4.90 Å². The standard InChI is InChI=1S/C9H21N.C2H6O/c1-7(2)10(8(3)4)9(5)6;1-2-3/h7-9H,1-6H3;3H,2H2,1H3. The fourth-order valence-electron chi connectivity index (χ4n) is 1.79. The molecule has 0 radical (unpaired) electrons. The summed E-state index contributed by atoms with van der Waals surface area (Å²) in [4.78, 5) is 2.50. The van der Waals surface area contributed by atoms with Gasteiger partial charge in [-0.2, -0.15) is 0 Å². The lowest BCUT2D eigenvalue weighted by Crippen LogP contribution is -2.42. The highest BCUT2D eigenvalue weighted by Gasteiger charge is 2.15. The van der Waals surface area contributed by atoms with E-state index < -0.39 is 0 Å². The van der Waals surface area contributed by atoms with Crippen LogP contribution in [0.3, 0.4) is 0 Å². The predicted molar refractivity (Wildman–Crippen MR) is 60.0 cm³/mol. The average molecular weight is 189 g/mol. The Labute approximate surface area is 83.9 Å². The van der Waals surface area contributed by atoms with E-state index in [9.17, 15) is 0 Å². The van der Waals surface area contributed by atoms with Crippen LogP contribution in [0.1, 0.15) is 48.5 Å². The van der Waals surface area contributed by atoms with Gasteiger partial charge in [-0.1, -0.05) is 0 Å². The summed E-state index contributed by atoms with van der Waals surface area (Å²) >= 11 is 0. The van der Waals surface area contributed by atoms with Crippen molar-refractivity contribution in [3.8, 4) is 0 Å². The Hall–Kier alpha value is -0.0800. The summed E-state index contributed by atoms with van der Waals surface area (Å²) in [6.45, 7) is 15.4. The van der Waals surface area contributed by atoms with Gasteiger partial charge in [0.15, 0.2) is 0 Å². The van der Waals surface area contributed by atoms with Crippen LogP contribution in [0, 0.1) is 0 Å². The largest absolute Gasteiger partial charge is 0.397 e. The highest BCUT2D eigenvalue weighted by molar-refractivity contribution is 4.70. The zero-order valence-corrected chi connectivity index (χ0v) is 10.3. The fraction of sp³-hybridized carbons (Fsp3) is 1.00. The van der Waals surface area contributed by atoms with Gasteiger partial charge >= 0.3 is 0 Å². The molecule has 0 saturated carbocycles. The van der Waals surface area contributed by atoms with Gasteiger partial charge in [0.1, 0.15) is 0 Å². The van der Waals surface area contributed by atoms with E-state index in [-0.39, 0.29) is 6.61 Å². The van der Waals surface area contributed by atoms with Crippen molar-refractivity contribution < 1.29 is 5.11 Å². The van der Waals surface area contributed by atoms with Gasteiger partial charge in [-0.15, -0.1) is 0 Å². The molecule has 2 heteroatoms. The smallest absolute Gasteiger partial charge is 0.0402 e. The van der Waals surface area contributed by atoms with E-state index >= 15 is 0 Å². The molecular weight excluding hydrogens is 162 g/mol. The maximum Gasteiger partial charge on any atom is 0.0402 e. The minimum absolute atomic E-state index is 0.250. The first kappa shape index (κ1) is 15.4. The molecule has 1 N–H and O–H groups in total. The molecule has 0 spiro atoms. The number of aliphatic hydroxyl groups excluding tert-OH is 1. The third-order valence-corrected chi connectivity index (χ3v) is 1.79. The first-order valence-electron chi connectivity index (χ1n) is 5.26. The van der Waals surface area contributed by atoms with Crippen LogP contribution in [0.4, 0.5) is 0 Å². The molecule has 0 aromatic heterocycles. The summed E-state index contributed by atoms with van der Waals surface area (Å²) in [6.07, 6.45) is 0. The number of hydrogen-bond acceptors (Lipinski definition) is 2. The second-order valence-electron chi connectivity index (χ2n) is 4.04. The highest BCUT2D eigenvalue weighted by atomic mass is 16.2. The minimum atomic E-state index is 0.250. The van der Waals surface area contributed by atoms with Crippen molar-refractivity contribution in [1.29, 1.82) is 0 Å². The maximum atomic E-state index is 7.57. The molecule has 0 atom stereocenters. The molecule has 82 valence electrons. The Morgan fingerprint density at radius 2 is 1.00 bits per heavy atom. The van der Waals surface area contributed by atoms with Crippen molar-refractivity contribution in [3.63, 3.8) is 0 Å². The molecule has 0 unspecified atom stereocenters. The Morgan fingerprint density at radius 1 is 0.846 bits per heavy atom. The van der Waals surface area contributed by atoms with Crippen molar-refractivity contribution in [2.75, 3.05) is 6.61 Å². The van der Waals surface area contributed by atoms with Crippen LogP contribution < -0.4 is 0 Å². The normalized spacial score (nSPS) is 11.1. The first-order chi connectivity index (χ1) is 5.88. The fourth-order valence-corrected chi connectivity index (χ4v) is 1.79. The van der Waals surface area contributed by atoms with Crippen LogP contribution >= 0.6 is 0 Å². The molecular formula is C11H27NO. The molecule has 0 rings (SSSR count). The lowest BCUT2D eigenvalue weighted by molar-refractivity contribution is 0.133. The van der Waals surface area contributed by atoms with E-state index in [1.807, 2.05) is 0 Å². The van der Waals surface area contributed by atoms with Crippen LogP contribution in [-0.2, 0) is 0 Å². The summed E-state index contributed by atoms with van der Waals surface area (Å²) in [6, 6.07) is 2.00. The molecule has 2 nitrogen and oxygen atoms in total. The molecule has 0 bridgehead atoms. The van der Waals surface area contributed by atoms with E-state index in [0.717, 1.165) is 0 Å². The zero-order valence-electron chi connectivity index (χ0n) is 10.3. The van der Waals surface area contributed by atoms with Gasteiger partial charge in [0.25, 0.3) is 0 Å².